The van der Waals surface area contributed by atoms with Crippen molar-refractivity contribution < 1.29 is 28.6 Å². The minimum Gasteiger partial charge on any atom is -0.493 e. The molecule has 31 heavy (non-hydrogen) atoms. The molecular weight excluding hydrogens is 402 g/mol. The summed E-state index contributed by atoms with van der Waals surface area (Å²) < 4.78 is 15.9. The molecule has 9 nitrogen and oxygen atoms in total. The molecular formula is C22H27N3O6. The average Bonchev–Trinajstić information content (AvgIpc) is 3.46. The first-order chi connectivity index (χ1) is 14.9. The molecule has 2 aliphatic carbocycles. The number of ether oxygens (including phenoxy) is 3. The van der Waals surface area contributed by atoms with Crippen LogP contribution in [0.25, 0.3) is 0 Å². The Labute approximate surface area is 180 Å². The van der Waals surface area contributed by atoms with Crippen molar-refractivity contribution in [2.24, 2.45) is 17.8 Å². The number of imide groups is 1. The topological polar surface area (TPSA) is 106 Å². The summed E-state index contributed by atoms with van der Waals surface area (Å²) in [5, 5.41) is 5.52. The molecule has 1 saturated heterocycles. The summed E-state index contributed by atoms with van der Waals surface area (Å²) in [6.45, 7) is 0.593. The van der Waals surface area contributed by atoms with Crippen LogP contribution in [-0.4, -0.2) is 51.8 Å². The standard InChI is InChI=1S/C22H27N3O6/c1-29-17-8-15(9-18(30-2)20(17)31-3)25-21(27)16(24-22(25)28)10-19(26)23-11-14-7-12-4-5-13(14)6-12/h4-5,8-9,12-14,16H,6-7,10-11H2,1-3H3,(H,23,26)(H,24,28)/t12?,13?,14?,16-/m0/s1. The van der Waals surface area contributed by atoms with Crippen molar-refractivity contribution in [2.75, 3.05) is 32.8 Å². The van der Waals surface area contributed by atoms with E-state index >= 15 is 0 Å². The van der Waals surface area contributed by atoms with E-state index in [1.807, 2.05) is 0 Å². The maximum absolute atomic E-state index is 12.9. The van der Waals surface area contributed by atoms with E-state index in [0.717, 1.165) is 11.3 Å². The van der Waals surface area contributed by atoms with Gasteiger partial charge in [-0.15, -0.1) is 0 Å². The molecule has 2 fully saturated rings. The molecule has 4 amide bonds. The number of allylic oxidation sites excluding steroid dienone is 2. The minimum absolute atomic E-state index is 0.109. The highest BCUT2D eigenvalue weighted by molar-refractivity contribution is 6.22. The molecule has 1 aromatic rings. The molecule has 1 aromatic carbocycles. The maximum atomic E-state index is 12.9. The number of rotatable bonds is 8. The monoisotopic (exact) mass is 429 g/mol. The minimum atomic E-state index is -0.925. The number of carbonyl (C=O) groups excluding carboxylic acids is 3. The van der Waals surface area contributed by atoms with Crippen LogP contribution in [0, 0.1) is 17.8 Å². The Morgan fingerprint density at radius 2 is 1.81 bits per heavy atom. The van der Waals surface area contributed by atoms with Crippen molar-refractivity contribution in [1.82, 2.24) is 10.6 Å². The Balaban J connectivity index is 1.41. The molecule has 3 aliphatic rings. The number of fused-ring (bicyclic) bond motifs is 2. The lowest BCUT2D eigenvalue weighted by Crippen LogP contribution is -2.38. The zero-order valence-corrected chi connectivity index (χ0v) is 17.8. The second-order valence-corrected chi connectivity index (χ2v) is 8.11. The van der Waals surface area contributed by atoms with Gasteiger partial charge in [0.05, 0.1) is 33.4 Å². The number of amides is 4. The number of urea groups is 1. The van der Waals surface area contributed by atoms with Crippen LogP contribution in [0.2, 0.25) is 0 Å². The van der Waals surface area contributed by atoms with Crippen molar-refractivity contribution in [3.8, 4) is 17.2 Å². The lowest BCUT2D eigenvalue weighted by atomic mass is 9.93. The van der Waals surface area contributed by atoms with Gasteiger partial charge in [0.2, 0.25) is 11.7 Å². The highest BCUT2D eigenvalue weighted by atomic mass is 16.5. The van der Waals surface area contributed by atoms with Crippen molar-refractivity contribution in [2.45, 2.75) is 25.3 Å². The Hall–Kier alpha value is -3.23. The Bertz CT molecular complexity index is 905. The van der Waals surface area contributed by atoms with E-state index in [1.54, 1.807) is 0 Å². The van der Waals surface area contributed by atoms with Crippen LogP contribution in [-0.2, 0) is 9.59 Å². The van der Waals surface area contributed by atoms with Crippen LogP contribution in [0.5, 0.6) is 17.2 Å². The van der Waals surface area contributed by atoms with Gasteiger partial charge in [-0.3, -0.25) is 9.59 Å². The molecule has 166 valence electrons. The number of methoxy groups -OCH3 is 3. The van der Waals surface area contributed by atoms with Crippen molar-refractivity contribution in [3.63, 3.8) is 0 Å². The van der Waals surface area contributed by atoms with Gasteiger partial charge >= 0.3 is 6.03 Å². The molecule has 1 aliphatic heterocycles. The van der Waals surface area contributed by atoms with Crippen LogP contribution < -0.4 is 29.7 Å². The summed E-state index contributed by atoms with van der Waals surface area (Å²) in [4.78, 5) is 38.9. The SMILES string of the molecule is COc1cc(N2C(=O)N[C@@H](CC(=O)NCC3CC4C=CC3C4)C2=O)cc(OC)c1OC. The quantitative estimate of drug-likeness (QED) is 0.483. The third kappa shape index (κ3) is 3.92. The van der Waals surface area contributed by atoms with E-state index in [4.69, 9.17) is 14.2 Å². The fourth-order valence-corrected chi connectivity index (χ4v) is 4.74. The molecule has 0 spiro atoms. The van der Waals surface area contributed by atoms with Crippen LogP contribution in [0.1, 0.15) is 19.3 Å². The second kappa shape index (κ2) is 8.49. The Morgan fingerprint density at radius 3 is 2.35 bits per heavy atom. The maximum Gasteiger partial charge on any atom is 0.329 e. The van der Waals surface area contributed by atoms with Gasteiger partial charge in [-0.1, -0.05) is 12.2 Å². The summed E-state index contributed by atoms with van der Waals surface area (Å²) in [6.07, 6.45) is 6.65. The average molecular weight is 429 g/mol. The molecule has 1 heterocycles. The largest absolute Gasteiger partial charge is 0.493 e. The van der Waals surface area contributed by atoms with Gasteiger partial charge in [-0.25, -0.2) is 9.69 Å². The van der Waals surface area contributed by atoms with Crippen LogP contribution in [0.15, 0.2) is 24.3 Å². The first kappa shape index (κ1) is 21.0. The van der Waals surface area contributed by atoms with E-state index in [2.05, 4.69) is 22.8 Å². The van der Waals surface area contributed by atoms with E-state index in [0.29, 0.717) is 41.5 Å². The Kier molecular flexibility index (Phi) is 5.75. The van der Waals surface area contributed by atoms with Crippen LogP contribution in [0.3, 0.4) is 0 Å². The zero-order chi connectivity index (χ0) is 22.1. The molecule has 3 unspecified atom stereocenters. The van der Waals surface area contributed by atoms with E-state index in [1.165, 1.54) is 39.9 Å². The van der Waals surface area contributed by atoms with Gasteiger partial charge < -0.3 is 24.8 Å². The smallest absolute Gasteiger partial charge is 0.329 e. The number of hydrogen-bond acceptors (Lipinski definition) is 6. The van der Waals surface area contributed by atoms with E-state index in [9.17, 15) is 14.4 Å². The molecule has 0 radical (unpaired) electrons. The first-order valence-corrected chi connectivity index (χ1v) is 10.3. The highest BCUT2D eigenvalue weighted by Crippen LogP contribution is 2.43. The van der Waals surface area contributed by atoms with Crippen molar-refractivity contribution in [3.05, 3.63) is 24.3 Å². The fraction of sp³-hybridized carbons (Fsp3) is 0.500. The summed E-state index contributed by atoms with van der Waals surface area (Å²) in [5.41, 5.74) is 0.272. The molecule has 2 N–H and O–H groups in total. The number of carbonyl (C=O) groups is 3. The van der Waals surface area contributed by atoms with Crippen molar-refractivity contribution in [1.29, 1.82) is 0 Å². The van der Waals surface area contributed by atoms with Crippen LogP contribution >= 0.6 is 0 Å². The summed E-state index contributed by atoms with van der Waals surface area (Å²) in [7, 11) is 4.37. The normalized spacial score (nSPS) is 26.2. The van der Waals surface area contributed by atoms with E-state index < -0.39 is 18.0 Å². The molecule has 9 heteroatoms. The predicted octanol–water partition coefficient (Wildman–Crippen LogP) is 1.86. The molecule has 4 rings (SSSR count). The van der Waals surface area contributed by atoms with Crippen molar-refractivity contribution >= 4 is 23.5 Å². The lowest BCUT2D eigenvalue weighted by Gasteiger charge is -2.19. The highest BCUT2D eigenvalue weighted by Gasteiger charge is 2.41. The molecule has 1 saturated carbocycles. The van der Waals surface area contributed by atoms with Gasteiger partial charge in [-0.2, -0.15) is 0 Å². The number of anilines is 1. The van der Waals surface area contributed by atoms with Crippen LogP contribution in [0.4, 0.5) is 10.5 Å². The predicted molar refractivity (Wildman–Crippen MR) is 112 cm³/mol. The number of nitrogens with zero attached hydrogens (tertiary/aromatic N) is 1. The third-order valence-electron chi connectivity index (χ3n) is 6.29. The third-order valence-corrected chi connectivity index (χ3v) is 6.29. The molecule has 2 bridgehead atoms. The molecule has 4 atom stereocenters. The first-order valence-electron chi connectivity index (χ1n) is 10.3. The summed E-state index contributed by atoms with van der Waals surface area (Å²) in [5.74, 6) is 1.85. The van der Waals surface area contributed by atoms with Gasteiger partial charge in [0.15, 0.2) is 11.5 Å². The number of hydrogen-bond donors (Lipinski definition) is 2. The summed E-state index contributed by atoms with van der Waals surface area (Å²) >= 11 is 0. The van der Waals surface area contributed by atoms with E-state index in [-0.39, 0.29) is 18.0 Å². The number of benzene rings is 1. The van der Waals surface area contributed by atoms with Gasteiger partial charge in [0.25, 0.3) is 5.91 Å². The van der Waals surface area contributed by atoms with Gasteiger partial charge in [0.1, 0.15) is 6.04 Å². The van der Waals surface area contributed by atoms with Gasteiger partial charge in [0, 0.05) is 18.7 Å². The lowest BCUT2D eigenvalue weighted by molar-refractivity contribution is -0.125. The fourth-order valence-electron chi connectivity index (χ4n) is 4.74. The summed E-state index contributed by atoms with van der Waals surface area (Å²) in [6, 6.07) is 1.51. The molecule has 0 aromatic heterocycles. The van der Waals surface area contributed by atoms with Gasteiger partial charge in [-0.05, 0) is 30.6 Å². The number of nitrogens with one attached hydrogen (secondary N) is 2. The Morgan fingerprint density at radius 1 is 1.10 bits per heavy atom. The second-order valence-electron chi connectivity index (χ2n) is 8.11. The zero-order valence-electron chi connectivity index (χ0n) is 17.8.